The summed E-state index contributed by atoms with van der Waals surface area (Å²) >= 11 is 1.64. The number of urea groups is 1. The molecule has 0 spiro atoms. The van der Waals surface area contributed by atoms with Crippen molar-refractivity contribution in [2.45, 2.75) is 25.7 Å². The molecule has 3 rings (SSSR count). The summed E-state index contributed by atoms with van der Waals surface area (Å²) in [7, 11) is 0. The molecule has 3 heterocycles. The minimum absolute atomic E-state index is 0.0259. The zero-order valence-electron chi connectivity index (χ0n) is 11.8. The molecule has 2 unspecified atom stereocenters. The van der Waals surface area contributed by atoms with E-state index in [4.69, 9.17) is 9.15 Å². The van der Waals surface area contributed by atoms with E-state index in [0.29, 0.717) is 19.6 Å². The highest BCUT2D eigenvalue weighted by atomic mass is 32.1. The second-order valence-electron chi connectivity index (χ2n) is 5.14. The summed E-state index contributed by atoms with van der Waals surface area (Å²) in [6, 6.07) is 5.62. The Morgan fingerprint density at radius 3 is 3.10 bits per heavy atom. The van der Waals surface area contributed by atoms with Crippen molar-refractivity contribution in [1.29, 1.82) is 0 Å². The number of hydrogen-bond donors (Lipinski definition) is 1. The van der Waals surface area contributed by atoms with Crippen LogP contribution in [-0.4, -0.2) is 30.1 Å². The van der Waals surface area contributed by atoms with E-state index in [-0.39, 0.29) is 18.2 Å². The molecule has 5 nitrogen and oxygen atoms in total. The van der Waals surface area contributed by atoms with Gasteiger partial charge in [-0.1, -0.05) is 0 Å². The molecule has 2 atom stereocenters. The molecule has 0 saturated carbocycles. The SMILES string of the molecule is CC1CN(C(=O)NCc2ccco2)CC(c2ccsc2)O1. The quantitative estimate of drug-likeness (QED) is 0.948. The Hall–Kier alpha value is -1.79. The third-order valence-electron chi connectivity index (χ3n) is 3.46. The van der Waals surface area contributed by atoms with E-state index in [0.717, 1.165) is 11.3 Å². The number of nitrogens with one attached hydrogen (secondary N) is 1. The van der Waals surface area contributed by atoms with E-state index in [2.05, 4.69) is 10.7 Å². The van der Waals surface area contributed by atoms with E-state index in [1.54, 1.807) is 22.5 Å². The number of ether oxygens (including phenoxy) is 1. The van der Waals surface area contributed by atoms with Gasteiger partial charge in [0.1, 0.15) is 11.9 Å². The van der Waals surface area contributed by atoms with Crippen LogP contribution in [0.5, 0.6) is 0 Å². The van der Waals surface area contributed by atoms with Crippen LogP contribution in [0.4, 0.5) is 4.79 Å². The fourth-order valence-corrected chi connectivity index (χ4v) is 3.15. The molecule has 21 heavy (non-hydrogen) atoms. The van der Waals surface area contributed by atoms with Crippen LogP contribution in [0.1, 0.15) is 24.4 Å². The summed E-state index contributed by atoms with van der Waals surface area (Å²) in [5.74, 6) is 0.749. The van der Waals surface area contributed by atoms with Crippen LogP contribution in [0.2, 0.25) is 0 Å². The minimum Gasteiger partial charge on any atom is -0.467 e. The molecular formula is C15H18N2O3S. The second kappa shape index (κ2) is 6.32. The van der Waals surface area contributed by atoms with E-state index in [1.165, 1.54) is 0 Å². The summed E-state index contributed by atoms with van der Waals surface area (Å²) in [4.78, 5) is 14.1. The van der Waals surface area contributed by atoms with Crippen molar-refractivity contribution in [2.75, 3.05) is 13.1 Å². The first-order valence-corrected chi connectivity index (χ1v) is 7.89. The number of carbonyl (C=O) groups excluding carboxylic acids is 1. The number of morpholine rings is 1. The fourth-order valence-electron chi connectivity index (χ4n) is 2.45. The van der Waals surface area contributed by atoms with Gasteiger partial charge in [0, 0.05) is 6.54 Å². The Balaban J connectivity index is 1.60. The van der Waals surface area contributed by atoms with Crippen LogP contribution in [0.25, 0.3) is 0 Å². The first-order valence-electron chi connectivity index (χ1n) is 6.95. The molecular weight excluding hydrogens is 288 g/mol. The summed E-state index contributed by atoms with van der Waals surface area (Å²) in [5.41, 5.74) is 1.13. The van der Waals surface area contributed by atoms with Gasteiger partial charge in [0.15, 0.2) is 0 Å². The second-order valence-corrected chi connectivity index (χ2v) is 5.92. The van der Waals surface area contributed by atoms with Gasteiger partial charge >= 0.3 is 6.03 Å². The highest BCUT2D eigenvalue weighted by molar-refractivity contribution is 7.07. The molecule has 1 saturated heterocycles. The van der Waals surface area contributed by atoms with Crippen LogP contribution >= 0.6 is 11.3 Å². The topological polar surface area (TPSA) is 54.7 Å². The van der Waals surface area contributed by atoms with Crippen LogP contribution in [0.3, 0.4) is 0 Å². The standard InChI is InChI=1S/C15H18N2O3S/c1-11-8-17(9-14(20-11)12-4-6-21-10-12)15(18)16-7-13-3-2-5-19-13/h2-6,10-11,14H,7-9H2,1H3,(H,16,18). The third-order valence-corrected chi connectivity index (χ3v) is 4.16. The molecule has 112 valence electrons. The molecule has 1 aliphatic heterocycles. The Morgan fingerprint density at radius 1 is 1.48 bits per heavy atom. The highest BCUT2D eigenvalue weighted by Crippen LogP contribution is 2.26. The maximum absolute atomic E-state index is 12.3. The molecule has 6 heteroatoms. The molecule has 0 radical (unpaired) electrons. The van der Waals surface area contributed by atoms with Gasteiger partial charge in [0.2, 0.25) is 0 Å². The Kier molecular flexibility index (Phi) is 4.26. The lowest BCUT2D eigenvalue weighted by molar-refractivity contribution is -0.0655. The largest absolute Gasteiger partial charge is 0.467 e. The van der Waals surface area contributed by atoms with Crippen molar-refractivity contribution >= 4 is 17.4 Å². The van der Waals surface area contributed by atoms with Crippen molar-refractivity contribution in [1.82, 2.24) is 10.2 Å². The number of thiophene rings is 1. The summed E-state index contributed by atoms with van der Waals surface area (Å²) in [6.07, 6.45) is 1.58. The molecule has 2 aromatic rings. The van der Waals surface area contributed by atoms with Gasteiger partial charge in [-0.2, -0.15) is 11.3 Å². The number of hydrogen-bond acceptors (Lipinski definition) is 4. The average Bonchev–Trinajstić information content (AvgIpc) is 3.17. The Morgan fingerprint density at radius 2 is 2.38 bits per heavy atom. The van der Waals surface area contributed by atoms with E-state index >= 15 is 0 Å². The fraction of sp³-hybridized carbons (Fsp3) is 0.400. The average molecular weight is 306 g/mol. The van der Waals surface area contributed by atoms with E-state index in [9.17, 15) is 4.79 Å². The zero-order valence-corrected chi connectivity index (χ0v) is 12.6. The number of nitrogens with zero attached hydrogens (tertiary/aromatic N) is 1. The highest BCUT2D eigenvalue weighted by Gasteiger charge is 2.29. The molecule has 1 N–H and O–H groups in total. The number of carbonyl (C=O) groups is 1. The first-order chi connectivity index (χ1) is 10.2. The van der Waals surface area contributed by atoms with E-state index < -0.39 is 0 Å². The van der Waals surface area contributed by atoms with Crippen LogP contribution in [0.15, 0.2) is 39.6 Å². The molecule has 1 aliphatic rings. The predicted molar refractivity (Wildman–Crippen MR) is 80.1 cm³/mol. The Labute approximate surface area is 127 Å². The smallest absolute Gasteiger partial charge is 0.317 e. The van der Waals surface area contributed by atoms with Crippen LogP contribution < -0.4 is 5.32 Å². The number of furan rings is 1. The van der Waals surface area contributed by atoms with Crippen molar-refractivity contribution in [2.24, 2.45) is 0 Å². The lowest BCUT2D eigenvalue weighted by Gasteiger charge is -2.36. The minimum atomic E-state index is -0.0817. The van der Waals surface area contributed by atoms with Gasteiger partial charge < -0.3 is 19.4 Å². The zero-order chi connectivity index (χ0) is 14.7. The van der Waals surface area contributed by atoms with Gasteiger partial charge in [-0.25, -0.2) is 4.79 Å². The maximum atomic E-state index is 12.3. The number of amides is 2. The lowest BCUT2D eigenvalue weighted by Crippen LogP contribution is -2.49. The van der Waals surface area contributed by atoms with Crippen molar-refractivity contribution < 1.29 is 13.9 Å². The Bertz CT molecular complexity index is 568. The first kappa shape index (κ1) is 14.2. The summed E-state index contributed by atoms with van der Waals surface area (Å²) in [5, 5.41) is 6.98. The predicted octanol–water partition coefficient (Wildman–Crippen LogP) is 3.01. The van der Waals surface area contributed by atoms with Crippen molar-refractivity contribution in [3.8, 4) is 0 Å². The van der Waals surface area contributed by atoms with Gasteiger partial charge in [0.05, 0.1) is 25.5 Å². The summed E-state index contributed by atoms with van der Waals surface area (Å²) < 4.78 is 11.1. The molecule has 0 aliphatic carbocycles. The van der Waals surface area contributed by atoms with Crippen molar-refractivity contribution in [3.63, 3.8) is 0 Å². The molecule has 0 bridgehead atoms. The van der Waals surface area contributed by atoms with Gasteiger partial charge in [-0.15, -0.1) is 0 Å². The monoisotopic (exact) mass is 306 g/mol. The normalized spacial score (nSPS) is 22.2. The molecule has 2 amide bonds. The van der Waals surface area contributed by atoms with Gasteiger partial charge in [-0.3, -0.25) is 0 Å². The number of rotatable bonds is 3. The van der Waals surface area contributed by atoms with Crippen LogP contribution in [0, 0.1) is 0 Å². The third kappa shape index (κ3) is 3.46. The maximum Gasteiger partial charge on any atom is 0.317 e. The molecule has 0 aromatic carbocycles. The van der Waals surface area contributed by atoms with Gasteiger partial charge in [0.25, 0.3) is 0 Å². The van der Waals surface area contributed by atoms with Gasteiger partial charge in [-0.05, 0) is 41.4 Å². The lowest BCUT2D eigenvalue weighted by atomic mass is 10.1. The summed E-state index contributed by atoms with van der Waals surface area (Å²) in [6.45, 7) is 3.57. The van der Waals surface area contributed by atoms with Crippen LogP contribution in [-0.2, 0) is 11.3 Å². The van der Waals surface area contributed by atoms with E-state index in [1.807, 2.05) is 30.5 Å². The molecule has 2 aromatic heterocycles. The molecule has 1 fully saturated rings. The van der Waals surface area contributed by atoms with Crippen molar-refractivity contribution in [3.05, 3.63) is 46.5 Å².